The average molecular weight is 450 g/mol. The van der Waals surface area contributed by atoms with Crippen LogP contribution in [0.25, 0.3) is 10.2 Å². The lowest BCUT2D eigenvalue weighted by Crippen LogP contribution is -2.33. The Labute approximate surface area is 185 Å². The zero-order valence-electron chi connectivity index (χ0n) is 17.9. The minimum atomic E-state index is -0.0393. The Morgan fingerprint density at radius 3 is 2.93 bits per heavy atom. The molecule has 0 aromatic carbocycles. The summed E-state index contributed by atoms with van der Waals surface area (Å²) in [5.74, 6) is 0.217. The maximum atomic E-state index is 13.5. The standard InChI is InChI=1S/C22H31N3O3S2/c1-3-14(2)25-21(27)19-16-9-5-4-6-10-17(16)30-20(19)24-22(25)29-13-18(26)23-12-15-8-7-11-28-15/h14-15H,3-13H2,1-2H3,(H,23,26). The van der Waals surface area contributed by atoms with E-state index in [4.69, 9.17) is 9.72 Å². The number of carbonyl (C=O) groups is 1. The van der Waals surface area contributed by atoms with E-state index in [0.717, 1.165) is 55.3 Å². The Morgan fingerprint density at radius 1 is 1.33 bits per heavy atom. The van der Waals surface area contributed by atoms with Crippen LogP contribution in [0.1, 0.15) is 68.9 Å². The van der Waals surface area contributed by atoms with Crippen molar-refractivity contribution in [2.75, 3.05) is 18.9 Å². The molecule has 1 saturated heterocycles. The number of ether oxygens (including phenoxy) is 1. The van der Waals surface area contributed by atoms with Gasteiger partial charge in [-0.15, -0.1) is 11.3 Å². The molecule has 0 spiro atoms. The number of amides is 1. The van der Waals surface area contributed by atoms with Gasteiger partial charge >= 0.3 is 0 Å². The van der Waals surface area contributed by atoms with Crippen LogP contribution in [0.4, 0.5) is 0 Å². The molecule has 1 N–H and O–H groups in total. The minimum absolute atomic E-state index is 0.0393. The Balaban J connectivity index is 1.58. The largest absolute Gasteiger partial charge is 0.376 e. The Bertz CT molecular complexity index is 963. The van der Waals surface area contributed by atoms with Gasteiger partial charge in [0.2, 0.25) is 5.91 Å². The number of rotatable bonds is 7. The van der Waals surface area contributed by atoms with Crippen LogP contribution in [0.15, 0.2) is 9.95 Å². The first-order valence-electron chi connectivity index (χ1n) is 11.2. The van der Waals surface area contributed by atoms with Gasteiger partial charge < -0.3 is 10.1 Å². The molecule has 1 amide bonds. The molecule has 30 heavy (non-hydrogen) atoms. The fourth-order valence-corrected chi connectivity index (χ4v) is 6.49. The van der Waals surface area contributed by atoms with Crippen LogP contribution in [0.5, 0.6) is 0 Å². The summed E-state index contributed by atoms with van der Waals surface area (Å²) >= 11 is 3.04. The predicted molar refractivity (Wildman–Crippen MR) is 123 cm³/mol. The summed E-state index contributed by atoms with van der Waals surface area (Å²) in [4.78, 5) is 33.0. The van der Waals surface area contributed by atoms with E-state index in [9.17, 15) is 9.59 Å². The number of thioether (sulfide) groups is 1. The van der Waals surface area contributed by atoms with Crippen LogP contribution >= 0.6 is 23.1 Å². The highest BCUT2D eigenvalue weighted by Crippen LogP contribution is 2.34. The lowest BCUT2D eigenvalue weighted by Gasteiger charge is -2.18. The number of fused-ring (bicyclic) bond motifs is 3. The van der Waals surface area contributed by atoms with Gasteiger partial charge in [-0.05, 0) is 57.4 Å². The van der Waals surface area contributed by atoms with Gasteiger partial charge in [-0.2, -0.15) is 0 Å². The molecule has 2 unspecified atom stereocenters. The second-order valence-electron chi connectivity index (χ2n) is 8.30. The molecule has 4 rings (SSSR count). The Kier molecular flexibility index (Phi) is 7.16. The number of hydrogen-bond acceptors (Lipinski definition) is 6. The number of thiophene rings is 1. The third-order valence-electron chi connectivity index (χ3n) is 6.15. The summed E-state index contributed by atoms with van der Waals surface area (Å²) in [6.07, 6.45) is 8.62. The fourth-order valence-electron chi connectivity index (χ4n) is 4.26. The van der Waals surface area contributed by atoms with Gasteiger partial charge in [0.1, 0.15) is 4.83 Å². The van der Waals surface area contributed by atoms with Crippen molar-refractivity contribution in [3.8, 4) is 0 Å². The second kappa shape index (κ2) is 9.83. The highest BCUT2D eigenvalue weighted by Gasteiger charge is 2.23. The van der Waals surface area contributed by atoms with Crippen molar-refractivity contribution >= 4 is 39.2 Å². The Hall–Kier alpha value is -1.38. The van der Waals surface area contributed by atoms with Crippen molar-refractivity contribution in [2.24, 2.45) is 0 Å². The van der Waals surface area contributed by atoms with E-state index in [1.54, 1.807) is 11.3 Å². The fraction of sp³-hybridized carbons (Fsp3) is 0.682. The molecule has 2 aromatic heterocycles. The summed E-state index contributed by atoms with van der Waals surface area (Å²) in [6.45, 7) is 5.48. The molecule has 2 aliphatic rings. The molecular weight excluding hydrogens is 418 g/mol. The zero-order chi connectivity index (χ0) is 21.1. The summed E-state index contributed by atoms with van der Waals surface area (Å²) < 4.78 is 7.38. The molecule has 6 nitrogen and oxygen atoms in total. The molecule has 1 aliphatic heterocycles. The lowest BCUT2D eigenvalue weighted by molar-refractivity contribution is -0.119. The first-order chi connectivity index (χ1) is 14.6. The molecule has 3 heterocycles. The van der Waals surface area contributed by atoms with Gasteiger partial charge in [-0.3, -0.25) is 14.2 Å². The van der Waals surface area contributed by atoms with E-state index < -0.39 is 0 Å². The number of aryl methyl sites for hydroxylation is 2. The van der Waals surface area contributed by atoms with Crippen molar-refractivity contribution in [1.29, 1.82) is 0 Å². The van der Waals surface area contributed by atoms with Crippen LogP contribution < -0.4 is 10.9 Å². The number of nitrogens with one attached hydrogen (secondary N) is 1. The van der Waals surface area contributed by atoms with Crippen molar-refractivity contribution in [3.05, 3.63) is 20.8 Å². The first-order valence-corrected chi connectivity index (χ1v) is 13.0. The quantitative estimate of drug-likeness (QED) is 0.392. The van der Waals surface area contributed by atoms with Gasteiger partial charge in [0.05, 0.1) is 17.2 Å². The molecule has 0 bridgehead atoms. The van der Waals surface area contributed by atoms with E-state index in [1.807, 2.05) is 4.57 Å². The zero-order valence-corrected chi connectivity index (χ0v) is 19.5. The van der Waals surface area contributed by atoms with Crippen molar-refractivity contribution in [2.45, 2.75) is 82.5 Å². The number of carbonyl (C=O) groups excluding carboxylic acids is 1. The number of aromatic nitrogens is 2. The van der Waals surface area contributed by atoms with Crippen molar-refractivity contribution in [1.82, 2.24) is 14.9 Å². The van der Waals surface area contributed by atoms with E-state index in [2.05, 4.69) is 19.2 Å². The highest BCUT2D eigenvalue weighted by molar-refractivity contribution is 7.99. The van der Waals surface area contributed by atoms with Crippen LogP contribution in [-0.4, -0.2) is 40.5 Å². The molecule has 8 heteroatoms. The number of hydrogen-bond donors (Lipinski definition) is 1. The summed E-state index contributed by atoms with van der Waals surface area (Å²) in [7, 11) is 0. The third-order valence-corrected chi connectivity index (χ3v) is 8.29. The van der Waals surface area contributed by atoms with Crippen LogP contribution in [0.2, 0.25) is 0 Å². The van der Waals surface area contributed by atoms with Gasteiger partial charge in [0.15, 0.2) is 5.16 Å². The normalized spacial score (nSPS) is 20.1. The SMILES string of the molecule is CCC(C)n1c(SCC(=O)NCC2CCCO2)nc2sc3c(c2c1=O)CCCCC3. The second-order valence-corrected chi connectivity index (χ2v) is 10.3. The van der Waals surface area contributed by atoms with Gasteiger partial charge in [-0.1, -0.05) is 25.1 Å². The maximum Gasteiger partial charge on any atom is 0.263 e. The predicted octanol–water partition coefficient (Wildman–Crippen LogP) is 4.09. The summed E-state index contributed by atoms with van der Waals surface area (Å²) in [5.41, 5.74) is 1.30. The van der Waals surface area contributed by atoms with E-state index in [-0.39, 0.29) is 29.4 Å². The minimum Gasteiger partial charge on any atom is -0.376 e. The topological polar surface area (TPSA) is 73.2 Å². The lowest BCUT2D eigenvalue weighted by atomic mass is 10.1. The summed E-state index contributed by atoms with van der Waals surface area (Å²) in [5, 5.41) is 4.44. The van der Waals surface area contributed by atoms with Gasteiger partial charge in [-0.25, -0.2) is 4.98 Å². The van der Waals surface area contributed by atoms with Crippen LogP contribution in [0.3, 0.4) is 0 Å². The molecule has 1 aliphatic carbocycles. The van der Waals surface area contributed by atoms with Crippen LogP contribution in [0, 0.1) is 0 Å². The smallest absolute Gasteiger partial charge is 0.263 e. The Morgan fingerprint density at radius 2 is 2.17 bits per heavy atom. The van der Waals surface area contributed by atoms with Crippen molar-refractivity contribution in [3.63, 3.8) is 0 Å². The molecular formula is C22H31N3O3S2. The number of nitrogens with zero attached hydrogens (tertiary/aromatic N) is 2. The van der Waals surface area contributed by atoms with Gasteiger partial charge in [0, 0.05) is 24.1 Å². The first kappa shape index (κ1) is 21.8. The van der Waals surface area contributed by atoms with E-state index >= 15 is 0 Å². The third kappa shape index (κ3) is 4.60. The molecule has 0 saturated carbocycles. The van der Waals surface area contributed by atoms with Crippen molar-refractivity contribution < 1.29 is 9.53 Å². The highest BCUT2D eigenvalue weighted by atomic mass is 32.2. The summed E-state index contributed by atoms with van der Waals surface area (Å²) in [6, 6.07) is 0.0492. The molecule has 164 valence electrons. The van der Waals surface area contributed by atoms with Crippen LogP contribution in [-0.2, 0) is 22.4 Å². The van der Waals surface area contributed by atoms with E-state index in [1.165, 1.54) is 35.0 Å². The molecule has 2 aromatic rings. The van der Waals surface area contributed by atoms with E-state index in [0.29, 0.717) is 11.7 Å². The molecule has 0 radical (unpaired) electrons. The molecule has 1 fully saturated rings. The molecule has 2 atom stereocenters. The van der Waals surface area contributed by atoms with Gasteiger partial charge in [0.25, 0.3) is 5.56 Å². The monoisotopic (exact) mass is 449 g/mol. The average Bonchev–Trinajstić information content (AvgIpc) is 3.32. The maximum absolute atomic E-state index is 13.5.